The minimum atomic E-state index is -0.584. The van der Waals surface area contributed by atoms with Crippen molar-refractivity contribution in [2.24, 2.45) is 11.8 Å². The van der Waals surface area contributed by atoms with Crippen LogP contribution in [0.3, 0.4) is 0 Å². The molecule has 0 saturated carbocycles. The highest BCUT2D eigenvalue weighted by atomic mass is 16.6. The molecule has 2 aliphatic heterocycles. The van der Waals surface area contributed by atoms with Crippen LogP contribution in [-0.4, -0.2) is 30.2 Å². The van der Waals surface area contributed by atoms with Gasteiger partial charge in [-0.1, -0.05) is 13.8 Å². The second-order valence-corrected chi connectivity index (χ2v) is 4.08. The summed E-state index contributed by atoms with van der Waals surface area (Å²) < 4.78 is 10.8. The van der Waals surface area contributed by atoms with E-state index in [4.69, 9.17) is 9.47 Å². The standard InChI is InChI=1S/C9H16O3/c1-5(2)7-3-6-8(12-7)4-11-9(6)10/h5-10H,3-4H2,1-2H3. The minimum Gasteiger partial charge on any atom is -0.372 e. The molecule has 0 radical (unpaired) electrons. The first-order chi connectivity index (χ1) is 5.68. The van der Waals surface area contributed by atoms with Crippen molar-refractivity contribution in [3.63, 3.8) is 0 Å². The van der Waals surface area contributed by atoms with Crippen molar-refractivity contribution in [1.82, 2.24) is 0 Å². The maximum absolute atomic E-state index is 9.40. The predicted octanol–water partition coefficient (Wildman–Crippen LogP) is 0.765. The number of hydrogen-bond acceptors (Lipinski definition) is 3. The van der Waals surface area contributed by atoms with E-state index in [2.05, 4.69) is 13.8 Å². The van der Waals surface area contributed by atoms with E-state index in [-0.39, 0.29) is 12.0 Å². The Morgan fingerprint density at radius 2 is 2.17 bits per heavy atom. The Morgan fingerprint density at radius 1 is 1.42 bits per heavy atom. The van der Waals surface area contributed by atoms with Crippen molar-refractivity contribution in [2.75, 3.05) is 6.61 Å². The molecule has 0 aliphatic carbocycles. The summed E-state index contributed by atoms with van der Waals surface area (Å²) in [6.07, 6.45) is 0.827. The van der Waals surface area contributed by atoms with E-state index >= 15 is 0 Å². The van der Waals surface area contributed by atoms with Crippen LogP contribution in [-0.2, 0) is 9.47 Å². The van der Waals surface area contributed by atoms with Crippen LogP contribution in [0.2, 0.25) is 0 Å². The van der Waals surface area contributed by atoms with Crippen LogP contribution < -0.4 is 0 Å². The maximum atomic E-state index is 9.40. The van der Waals surface area contributed by atoms with Gasteiger partial charge in [0.15, 0.2) is 6.29 Å². The smallest absolute Gasteiger partial charge is 0.160 e. The van der Waals surface area contributed by atoms with Crippen LogP contribution in [0.5, 0.6) is 0 Å². The predicted molar refractivity (Wildman–Crippen MR) is 43.6 cm³/mol. The van der Waals surface area contributed by atoms with Crippen LogP contribution in [0.4, 0.5) is 0 Å². The normalized spacial score (nSPS) is 47.0. The van der Waals surface area contributed by atoms with Crippen LogP contribution >= 0.6 is 0 Å². The Morgan fingerprint density at radius 3 is 2.75 bits per heavy atom. The average Bonchev–Trinajstić information content (AvgIpc) is 2.53. The van der Waals surface area contributed by atoms with Crippen LogP contribution in [0.25, 0.3) is 0 Å². The van der Waals surface area contributed by atoms with Gasteiger partial charge in [0.1, 0.15) is 0 Å². The Balaban J connectivity index is 1.98. The summed E-state index contributed by atoms with van der Waals surface area (Å²) in [6, 6.07) is 0. The molecule has 1 N–H and O–H groups in total. The number of rotatable bonds is 1. The van der Waals surface area contributed by atoms with E-state index < -0.39 is 6.29 Å². The maximum Gasteiger partial charge on any atom is 0.160 e. The van der Waals surface area contributed by atoms with E-state index in [1.807, 2.05) is 0 Å². The van der Waals surface area contributed by atoms with Crippen molar-refractivity contribution >= 4 is 0 Å². The molecule has 0 amide bonds. The third-order valence-corrected chi connectivity index (χ3v) is 2.87. The lowest BCUT2D eigenvalue weighted by Crippen LogP contribution is -2.19. The van der Waals surface area contributed by atoms with Crippen LogP contribution in [0, 0.1) is 11.8 Å². The Hall–Kier alpha value is -0.120. The number of hydrogen-bond donors (Lipinski definition) is 1. The van der Waals surface area contributed by atoms with Gasteiger partial charge in [0.2, 0.25) is 0 Å². The highest BCUT2D eigenvalue weighted by Crippen LogP contribution is 2.37. The molecular weight excluding hydrogens is 156 g/mol. The highest BCUT2D eigenvalue weighted by molar-refractivity contribution is 4.89. The molecule has 2 rings (SSSR count). The second kappa shape index (κ2) is 2.98. The zero-order valence-electron chi connectivity index (χ0n) is 7.56. The SMILES string of the molecule is CC(C)C1CC2C(O)OCC2O1. The quantitative estimate of drug-likeness (QED) is 0.634. The number of fused-ring (bicyclic) bond motifs is 1. The molecule has 0 aromatic heterocycles. The molecule has 3 heteroatoms. The lowest BCUT2D eigenvalue weighted by molar-refractivity contribution is -0.0901. The van der Waals surface area contributed by atoms with Gasteiger partial charge in [0.25, 0.3) is 0 Å². The molecule has 70 valence electrons. The summed E-state index contributed by atoms with van der Waals surface area (Å²) >= 11 is 0. The average molecular weight is 172 g/mol. The molecule has 4 unspecified atom stereocenters. The summed E-state index contributed by atoms with van der Waals surface area (Å²) in [5, 5.41) is 9.40. The summed E-state index contributed by atoms with van der Waals surface area (Å²) in [5.74, 6) is 0.764. The van der Waals surface area contributed by atoms with E-state index in [9.17, 15) is 5.11 Å². The molecule has 2 saturated heterocycles. The van der Waals surface area contributed by atoms with Gasteiger partial charge in [0, 0.05) is 5.92 Å². The van der Waals surface area contributed by atoms with Crippen molar-refractivity contribution in [3.8, 4) is 0 Å². The first-order valence-electron chi connectivity index (χ1n) is 4.63. The topological polar surface area (TPSA) is 38.7 Å². The minimum absolute atomic E-state index is 0.146. The molecule has 12 heavy (non-hydrogen) atoms. The number of aliphatic hydroxyl groups excluding tert-OH is 1. The lowest BCUT2D eigenvalue weighted by Gasteiger charge is -2.16. The molecule has 0 aromatic rings. The van der Waals surface area contributed by atoms with Crippen molar-refractivity contribution in [2.45, 2.75) is 38.8 Å². The van der Waals surface area contributed by atoms with Gasteiger partial charge in [-0.15, -0.1) is 0 Å². The van der Waals surface area contributed by atoms with Gasteiger partial charge >= 0.3 is 0 Å². The third kappa shape index (κ3) is 1.26. The molecule has 0 spiro atoms. The third-order valence-electron chi connectivity index (χ3n) is 2.87. The van der Waals surface area contributed by atoms with Gasteiger partial charge in [-0.25, -0.2) is 0 Å². The largest absolute Gasteiger partial charge is 0.372 e. The molecule has 0 aromatic carbocycles. The molecule has 3 nitrogen and oxygen atoms in total. The van der Waals surface area contributed by atoms with Gasteiger partial charge in [0.05, 0.1) is 18.8 Å². The van der Waals surface area contributed by atoms with E-state index in [1.165, 1.54) is 0 Å². The Bertz CT molecular complexity index is 169. The molecule has 2 aliphatic rings. The van der Waals surface area contributed by atoms with Gasteiger partial charge in [-0.05, 0) is 12.3 Å². The highest BCUT2D eigenvalue weighted by Gasteiger charge is 2.45. The number of aliphatic hydroxyl groups is 1. The monoisotopic (exact) mass is 172 g/mol. The summed E-state index contributed by atoms with van der Waals surface area (Å²) in [7, 11) is 0. The fourth-order valence-corrected chi connectivity index (χ4v) is 2.01. The summed E-state index contributed by atoms with van der Waals surface area (Å²) in [6.45, 7) is 4.87. The summed E-state index contributed by atoms with van der Waals surface area (Å²) in [5.41, 5.74) is 0. The Kier molecular flexibility index (Phi) is 2.10. The van der Waals surface area contributed by atoms with E-state index in [1.54, 1.807) is 0 Å². The first kappa shape index (κ1) is 8.48. The first-order valence-corrected chi connectivity index (χ1v) is 4.63. The zero-order chi connectivity index (χ0) is 8.72. The van der Waals surface area contributed by atoms with Gasteiger partial charge < -0.3 is 14.6 Å². The Labute approximate surface area is 72.7 Å². The van der Waals surface area contributed by atoms with Crippen LogP contribution in [0.15, 0.2) is 0 Å². The molecule has 0 bridgehead atoms. The fourth-order valence-electron chi connectivity index (χ4n) is 2.01. The van der Waals surface area contributed by atoms with E-state index in [0.29, 0.717) is 18.6 Å². The number of ether oxygens (including phenoxy) is 2. The van der Waals surface area contributed by atoms with E-state index in [0.717, 1.165) is 6.42 Å². The van der Waals surface area contributed by atoms with Crippen molar-refractivity contribution in [1.29, 1.82) is 0 Å². The van der Waals surface area contributed by atoms with Crippen molar-refractivity contribution < 1.29 is 14.6 Å². The molecular formula is C9H16O3. The zero-order valence-corrected chi connectivity index (χ0v) is 7.56. The molecule has 2 heterocycles. The van der Waals surface area contributed by atoms with Crippen LogP contribution in [0.1, 0.15) is 20.3 Å². The summed E-state index contributed by atoms with van der Waals surface area (Å²) in [4.78, 5) is 0. The lowest BCUT2D eigenvalue weighted by atomic mass is 9.96. The van der Waals surface area contributed by atoms with Gasteiger partial charge in [-0.2, -0.15) is 0 Å². The van der Waals surface area contributed by atoms with Crippen molar-refractivity contribution in [3.05, 3.63) is 0 Å². The van der Waals surface area contributed by atoms with Gasteiger partial charge in [-0.3, -0.25) is 0 Å². The fraction of sp³-hybridized carbons (Fsp3) is 1.00. The molecule has 2 fully saturated rings. The molecule has 4 atom stereocenters. The second-order valence-electron chi connectivity index (χ2n) is 4.08.